The van der Waals surface area contributed by atoms with Crippen LogP contribution in [0.4, 0.5) is 11.4 Å². The lowest BCUT2D eigenvalue weighted by Crippen LogP contribution is -2.32. The SMILES string of the molecule is CC(C)(C)OC(=O)CCn1c(CN(N)c2ccccc2N)nc2ccccc21. The molecule has 0 aliphatic heterocycles. The van der Waals surface area contributed by atoms with Gasteiger partial charge in [-0.3, -0.25) is 4.79 Å². The number of fused-ring (bicyclic) bond motifs is 1. The lowest BCUT2D eigenvalue weighted by Gasteiger charge is -2.21. The fourth-order valence-corrected chi connectivity index (χ4v) is 3.08. The van der Waals surface area contributed by atoms with E-state index in [1.165, 1.54) is 0 Å². The first kappa shape index (κ1) is 19.7. The number of aryl methyl sites for hydroxylation is 1. The van der Waals surface area contributed by atoms with Crippen molar-refractivity contribution in [2.75, 3.05) is 10.7 Å². The fourth-order valence-electron chi connectivity index (χ4n) is 3.08. The summed E-state index contributed by atoms with van der Waals surface area (Å²) in [4.78, 5) is 16.9. The zero-order valence-electron chi connectivity index (χ0n) is 16.6. The van der Waals surface area contributed by atoms with Gasteiger partial charge in [0.2, 0.25) is 0 Å². The molecule has 0 saturated heterocycles. The fraction of sp³-hybridized carbons (Fsp3) is 0.333. The number of nitrogens with two attached hydrogens (primary N) is 2. The van der Waals surface area contributed by atoms with Crippen molar-refractivity contribution in [1.29, 1.82) is 0 Å². The predicted octanol–water partition coefficient (Wildman–Crippen LogP) is 3.23. The number of para-hydroxylation sites is 4. The first-order valence-electron chi connectivity index (χ1n) is 9.27. The van der Waals surface area contributed by atoms with Crippen LogP contribution in [-0.4, -0.2) is 21.1 Å². The molecule has 3 rings (SSSR count). The Morgan fingerprint density at radius 1 is 1.14 bits per heavy atom. The quantitative estimate of drug-likeness (QED) is 0.294. The minimum atomic E-state index is -0.504. The average molecular weight is 381 g/mol. The summed E-state index contributed by atoms with van der Waals surface area (Å²) < 4.78 is 7.44. The topological polar surface area (TPSA) is 99.4 Å². The third kappa shape index (κ3) is 4.61. The minimum absolute atomic E-state index is 0.242. The van der Waals surface area contributed by atoms with Crippen molar-refractivity contribution >= 4 is 28.4 Å². The summed E-state index contributed by atoms with van der Waals surface area (Å²) in [5.41, 5.74) is 8.67. The van der Waals surface area contributed by atoms with Crippen LogP contribution in [0, 0.1) is 0 Å². The third-order valence-corrected chi connectivity index (χ3v) is 4.25. The van der Waals surface area contributed by atoms with E-state index < -0.39 is 5.60 Å². The van der Waals surface area contributed by atoms with Crippen molar-refractivity contribution in [2.24, 2.45) is 5.84 Å². The molecule has 0 amide bonds. The number of carbonyl (C=O) groups excluding carboxylic acids is 1. The molecule has 1 heterocycles. The van der Waals surface area contributed by atoms with Crippen LogP contribution < -0.4 is 16.6 Å². The molecule has 3 aromatic rings. The van der Waals surface area contributed by atoms with Crippen LogP contribution in [0.2, 0.25) is 0 Å². The van der Waals surface area contributed by atoms with Crippen LogP contribution >= 0.6 is 0 Å². The van der Waals surface area contributed by atoms with E-state index in [0.717, 1.165) is 22.5 Å². The molecule has 1 aromatic heterocycles. The molecule has 0 atom stereocenters. The number of aromatic nitrogens is 2. The van der Waals surface area contributed by atoms with Gasteiger partial charge >= 0.3 is 5.97 Å². The molecule has 7 nitrogen and oxygen atoms in total. The highest BCUT2D eigenvalue weighted by molar-refractivity contribution is 5.77. The van der Waals surface area contributed by atoms with Gasteiger partial charge in [-0.05, 0) is 45.0 Å². The summed E-state index contributed by atoms with van der Waals surface area (Å²) in [6.45, 7) is 6.40. The van der Waals surface area contributed by atoms with E-state index in [1.807, 2.05) is 67.8 Å². The lowest BCUT2D eigenvalue weighted by molar-refractivity contribution is -0.155. The number of rotatable bonds is 6. The van der Waals surface area contributed by atoms with Crippen molar-refractivity contribution in [3.8, 4) is 0 Å². The molecule has 0 spiro atoms. The number of benzene rings is 2. The Morgan fingerprint density at radius 2 is 1.82 bits per heavy atom. The highest BCUT2D eigenvalue weighted by Gasteiger charge is 2.18. The standard InChI is InChI=1S/C21H27N5O2/c1-21(2,3)28-20(27)12-13-25-18-11-7-5-9-16(18)24-19(25)14-26(23)17-10-6-4-8-15(17)22/h4-11H,12-14,22-23H2,1-3H3. The normalized spacial score (nSPS) is 11.6. The van der Waals surface area contributed by atoms with Gasteiger partial charge in [-0.25, -0.2) is 10.8 Å². The second-order valence-electron chi connectivity index (χ2n) is 7.69. The van der Waals surface area contributed by atoms with E-state index in [4.69, 9.17) is 21.3 Å². The second-order valence-corrected chi connectivity index (χ2v) is 7.69. The van der Waals surface area contributed by atoms with E-state index in [9.17, 15) is 4.79 Å². The zero-order chi connectivity index (χ0) is 20.3. The Balaban J connectivity index is 1.85. The Morgan fingerprint density at radius 3 is 2.54 bits per heavy atom. The summed E-state index contributed by atoms with van der Waals surface area (Å²) in [6.07, 6.45) is 0.253. The molecule has 0 aliphatic carbocycles. The molecule has 7 heteroatoms. The van der Waals surface area contributed by atoms with E-state index >= 15 is 0 Å². The largest absolute Gasteiger partial charge is 0.460 e. The second kappa shape index (κ2) is 7.90. The Bertz CT molecular complexity index is 974. The van der Waals surface area contributed by atoms with E-state index in [0.29, 0.717) is 18.8 Å². The van der Waals surface area contributed by atoms with E-state index in [1.54, 1.807) is 11.1 Å². The molecular weight excluding hydrogens is 354 g/mol. The van der Waals surface area contributed by atoms with Gasteiger partial charge < -0.3 is 20.0 Å². The molecule has 0 bridgehead atoms. The molecular formula is C21H27N5O2. The van der Waals surface area contributed by atoms with Gasteiger partial charge in [0, 0.05) is 6.54 Å². The first-order valence-corrected chi connectivity index (χ1v) is 9.27. The van der Waals surface area contributed by atoms with E-state index in [2.05, 4.69) is 0 Å². The van der Waals surface area contributed by atoms with Gasteiger partial charge in [0.05, 0.1) is 35.4 Å². The van der Waals surface area contributed by atoms with Gasteiger partial charge in [-0.15, -0.1) is 0 Å². The summed E-state index contributed by atoms with van der Waals surface area (Å²) in [7, 11) is 0. The van der Waals surface area contributed by atoms with Crippen LogP contribution in [0.15, 0.2) is 48.5 Å². The minimum Gasteiger partial charge on any atom is -0.460 e. The Kier molecular flexibility index (Phi) is 5.56. The number of hydrogen-bond donors (Lipinski definition) is 2. The van der Waals surface area contributed by atoms with Crippen LogP contribution in [0.1, 0.15) is 33.0 Å². The smallest absolute Gasteiger partial charge is 0.308 e. The number of nitrogens with zero attached hydrogens (tertiary/aromatic N) is 3. The highest BCUT2D eigenvalue weighted by Crippen LogP contribution is 2.23. The van der Waals surface area contributed by atoms with Crippen LogP contribution in [0.5, 0.6) is 0 Å². The number of hydrogen-bond acceptors (Lipinski definition) is 6. The Labute approximate surface area is 164 Å². The summed E-state index contributed by atoms with van der Waals surface area (Å²) in [6, 6.07) is 15.2. The first-order chi connectivity index (χ1) is 13.2. The molecule has 148 valence electrons. The maximum absolute atomic E-state index is 12.2. The van der Waals surface area contributed by atoms with Crippen molar-refractivity contribution in [2.45, 2.75) is 45.9 Å². The van der Waals surface area contributed by atoms with Crippen molar-refractivity contribution in [3.05, 3.63) is 54.4 Å². The van der Waals surface area contributed by atoms with Crippen LogP contribution in [0.3, 0.4) is 0 Å². The van der Waals surface area contributed by atoms with E-state index in [-0.39, 0.29) is 12.4 Å². The number of imidazole rings is 1. The molecule has 4 N–H and O–H groups in total. The highest BCUT2D eigenvalue weighted by atomic mass is 16.6. The van der Waals surface area contributed by atoms with Gasteiger partial charge in [-0.2, -0.15) is 0 Å². The van der Waals surface area contributed by atoms with Crippen LogP contribution in [-0.2, 0) is 22.6 Å². The number of carbonyl (C=O) groups is 1. The predicted molar refractivity (Wildman–Crippen MR) is 111 cm³/mol. The monoisotopic (exact) mass is 381 g/mol. The van der Waals surface area contributed by atoms with Gasteiger partial charge in [0.15, 0.2) is 0 Å². The van der Waals surface area contributed by atoms with Crippen molar-refractivity contribution in [3.63, 3.8) is 0 Å². The molecule has 0 saturated carbocycles. The van der Waals surface area contributed by atoms with Crippen LogP contribution in [0.25, 0.3) is 11.0 Å². The molecule has 0 radical (unpaired) electrons. The maximum Gasteiger partial charge on any atom is 0.308 e. The summed E-state index contributed by atoms with van der Waals surface area (Å²) in [5.74, 6) is 6.78. The lowest BCUT2D eigenvalue weighted by atomic mass is 10.2. The number of anilines is 2. The summed E-state index contributed by atoms with van der Waals surface area (Å²) >= 11 is 0. The summed E-state index contributed by atoms with van der Waals surface area (Å²) in [5, 5.41) is 1.57. The molecule has 0 fully saturated rings. The van der Waals surface area contributed by atoms with Crippen molar-refractivity contribution in [1.82, 2.24) is 9.55 Å². The average Bonchev–Trinajstić information content (AvgIpc) is 2.96. The molecule has 2 aromatic carbocycles. The van der Waals surface area contributed by atoms with Crippen molar-refractivity contribution < 1.29 is 9.53 Å². The maximum atomic E-state index is 12.2. The third-order valence-electron chi connectivity index (χ3n) is 4.25. The molecule has 0 unspecified atom stereocenters. The number of hydrazine groups is 1. The number of nitrogen functional groups attached to an aromatic ring is 1. The number of esters is 1. The van der Waals surface area contributed by atoms with Gasteiger partial charge in [0.1, 0.15) is 11.4 Å². The van der Waals surface area contributed by atoms with Gasteiger partial charge in [0.25, 0.3) is 0 Å². The zero-order valence-corrected chi connectivity index (χ0v) is 16.6. The Hall–Kier alpha value is -3.06. The van der Waals surface area contributed by atoms with Gasteiger partial charge in [-0.1, -0.05) is 24.3 Å². The molecule has 28 heavy (non-hydrogen) atoms. The molecule has 0 aliphatic rings. The number of ether oxygens (including phenoxy) is 1.